The Morgan fingerprint density at radius 3 is 2.21 bits per heavy atom. The Morgan fingerprint density at radius 1 is 0.744 bits per heavy atom. The topological polar surface area (TPSA) is 68.9 Å². The van der Waals surface area contributed by atoms with Gasteiger partial charge in [0.2, 0.25) is 0 Å². The molecule has 0 aliphatic carbocycles. The van der Waals surface area contributed by atoms with E-state index in [0.29, 0.717) is 21.9 Å². The molecule has 0 aliphatic heterocycles. The van der Waals surface area contributed by atoms with Crippen molar-refractivity contribution >= 4 is 21.9 Å². The number of nitrogens with zero attached hydrogens (tertiary/aromatic N) is 3. The van der Waals surface area contributed by atoms with Crippen LogP contribution in [0.25, 0.3) is 44.6 Å². The van der Waals surface area contributed by atoms with Gasteiger partial charge in [0.05, 0.1) is 11.0 Å². The average molecular weight is 690 g/mol. The van der Waals surface area contributed by atoms with Crippen LogP contribution < -0.4 is 5.43 Å². The van der Waals surface area contributed by atoms with Gasteiger partial charge >= 0.3 is 0 Å². The van der Waals surface area contributed by atoms with Gasteiger partial charge in [-0.3, -0.25) is 9.78 Å². The fraction of sp³-hybridized carbons (Fsp3) is 0.152. The van der Waals surface area contributed by atoms with Crippen LogP contribution in [0.1, 0.15) is 31.9 Å². The van der Waals surface area contributed by atoms with Gasteiger partial charge in [0.25, 0.3) is 0 Å². The molecule has 6 aromatic rings. The van der Waals surface area contributed by atoms with E-state index >= 15 is 0 Å². The standard InChI is InChI=1S/C23H20NO2.C10H7N2.Ir/c1-14-8-7-13-24-19(14)15-9-5-10-16-20(25)17-11-6-12-18(23(2,3)4)22(17)26-21(15)16;1-3-7-11-9(5-1)10-6-2-4-8-12-10;/h5-8,10-13H,1-4H3;1-5,7-8H;/q2*-1;. The molecule has 0 amide bonds. The van der Waals surface area contributed by atoms with Gasteiger partial charge in [-0.2, -0.15) is 12.1 Å². The fourth-order valence-electron chi connectivity index (χ4n) is 4.32. The Morgan fingerprint density at radius 2 is 1.51 bits per heavy atom. The molecule has 0 aliphatic rings. The molecule has 0 saturated carbocycles. The van der Waals surface area contributed by atoms with E-state index in [1.165, 1.54) is 0 Å². The van der Waals surface area contributed by atoms with Crippen molar-refractivity contribution < 1.29 is 24.5 Å². The number of para-hydroxylation sites is 1. The molecule has 0 atom stereocenters. The van der Waals surface area contributed by atoms with Crippen molar-refractivity contribution in [3.8, 4) is 22.6 Å². The Bertz CT molecular complexity index is 1740. The number of rotatable bonds is 2. The maximum absolute atomic E-state index is 13.1. The maximum Gasteiger partial charge on any atom is 0.182 e. The van der Waals surface area contributed by atoms with Crippen molar-refractivity contribution in [2.45, 2.75) is 33.1 Å². The smallest absolute Gasteiger partial charge is 0.182 e. The molecule has 0 bridgehead atoms. The third kappa shape index (κ3) is 5.88. The first-order valence-corrected chi connectivity index (χ1v) is 12.4. The van der Waals surface area contributed by atoms with E-state index in [1.807, 2.05) is 67.6 Å². The molecule has 197 valence electrons. The molecular weight excluding hydrogens is 663 g/mol. The van der Waals surface area contributed by atoms with Crippen molar-refractivity contribution in [3.05, 3.63) is 125 Å². The van der Waals surface area contributed by atoms with Crippen molar-refractivity contribution in [3.63, 3.8) is 0 Å². The molecule has 39 heavy (non-hydrogen) atoms. The summed E-state index contributed by atoms with van der Waals surface area (Å²) in [6.45, 7) is 8.35. The van der Waals surface area contributed by atoms with E-state index in [-0.39, 0.29) is 30.9 Å². The summed E-state index contributed by atoms with van der Waals surface area (Å²) in [6.07, 6.45) is 5.23. The molecule has 0 spiro atoms. The van der Waals surface area contributed by atoms with Gasteiger partial charge in [-0.1, -0.05) is 62.2 Å². The van der Waals surface area contributed by atoms with E-state index in [1.54, 1.807) is 30.7 Å². The Hall–Kier alpha value is -3.99. The minimum absolute atomic E-state index is 0. The van der Waals surface area contributed by atoms with Crippen molar-refractivity contribution in [1.82, 2.24) is 15.0 Å². The van der Waals surface area contributed by atoms with Crippen molar-refractivity contribution in [1.29, 1.82) is 0 Å². The SMILES string of the molecule is Cc1cccnc1-c1[c-]ccc2c(=O)c3cccc(C(C)(C)C)c3oc12.[Ir].[c-]1cccnc1-c1ccccn1. The van der Waals surface area contributed by atoms with Crippen LogP contribution in [0.3, 0.4) is 0 Å². The van der Waals surface area contributed by atoms with Crippen LogP contribution in [0.4, 0.5) is 0 Å². The number of fused-ring (bicyclic) bond motifs is 2. The molecule has 6 rings (SSSR count). The van der Waals surface area contributed by atoms with Crippen LogP contribution in [0, 0.1) is 19.1 Å². The minimum Gasteiger partial charge on any atom is -0.500 e. The first-order chi connectivity index (χ1) is 18.3. The fourth-order valence-corrected chi connectivity index (χ4v) is 4.32. The monoisotopic (exact) mass is 690 g/mol. The van der Waals surface area contributed by atoms with E-state index in [9.17, 15) is 4.79 Å². The zero-order valence-corrected chi connectivity index (χ0v) is 24.5. The molecule has 4 aromatic heterocycles. The summed E-state index contributed by atoms with van der Waals surface area (Å²) in [5, 5.41) is 1.17. The summed E-state index contributed by atoms with van der Waals surface area (Å²) >= 11 is 0. The number of aromatic nitrogens is 3. The third-order valence-corrected chi connectivity index (χ3v) is 6.23. The largest absolute Gasteiger partial charge is 0.500 e. The maximum atomic E-state index is 13.1. The zero-order chi connectivity index (χ0) is 26.7. The molecule has 1 radical (unpaired) electrons. The van der Waals surface area contributed by atoms with Gasteiger partial charge in [-0.25, -0.2) is 0 Å². The van der Waals surface area contributed by atoms with Crippen LogP contribution in [0.15, 0.2) is 101 Å². The molecular formula is C33H27IrN3O2-2. The molecule has 0 N–H and O–H groups in total. The summed E-state index contributed by atoms with van der Waals surface area (Å²) in [5.74, 6) is 0. The second kappa shape index (κ2) is 11.8. The van der Waals surface area contributed by atoms with E-state index in [4.69, 9.17) is 4.42 Å². The zero-order valence-electron chi connectivity index (χ0n) is 22.2. The van der Waals surface area contributed by atoms with Crippen LogP contribution >= 0.6 is 0 Å². The predicted octanol–water partition coefficient (Wildman–Crippen LogP) is 7.36. The molecule has 0 unspecified atom stereocenters. The molecule has 2 aromatic carbocycles. The second-order valence-corrected chi connectivity index (χ2v) is 9.97. The van der Waals surface area contributed by atoms with Crippen LogP contribution in [0.2, 0.25) is 0 Å². The first-order valence-electron chi connectivity index (χ1n) is 12.4. The number of hydrogen-bond donors (Lipinski definition) is 0. The van der Waals surface area contributed by atoms with Crippen LogP contribution in [-0.2, 0) is 25.5 Å². The summed E-state index contributed by atoms with van der Waals surface area (Å²) in [7, 11) is 0. The van der Waals surface area contributed by atoms with Crippen LogP contribution in [0.5, 0.6) is 0 Å². The number of benzene rings is 2. The Balaban J connectivity index is 0.000000228. The quantitative estimate of drug-likeness (QED) is 0.141. The Labute approximate surface area is 241 Å². The summed E-state index contributed by atoms with van der Waals surface area (Å²) in [4.78, 5) is 25.9. The second-order valence-electron chi connectivity index (χ2n) is 9.97. The average Bonchev–Trinajstić information content (AvgIpc) is 2.94. The van der Waals surface area contributed by atoms with E-state index in [2.05, 4.69) is 47.9 Å². The Kier molecular flexibility index (Phi) is 8.49. The number of pyridine rings is 3. The summed E-state index contributed by atoms with van der Waals surface area (Å²) < 4.78 is 6.35. The van der Waals surface area contributed by atoms with E-state index in [0.717, 1.165) is 33.8 Å². The van der Waals surface area contributed by atoms with Gasteiger partial charge in [0, 0.05) is 32.5 Å². The molecule has 5 nitrogen and oxygen atoms in total. The molecule has 4 heterocycles. The van der Waals surface area contributed by atoms with E-state index < -0.39 is 0 Å². The van der Waals surface area contributed by atoms with Crippen LogP contribution in [-0.4, -0.2) is 15.0 Å². The summed E-state index contributed by atoms with van der Waals surface area (Å²) in [5.41, 5.74) is 6.23. The molecule has 0 fully saturated rings. The molecule has 6 heteroatoms. The predicted molar refractivity (Wildman–Crippen MR) is 152 cm³/mol. The summed E-state index contributed by atoms with van der Waals surface area (Å²) in [6, 6.07) is 28.8. The van der Waals surface area contributed by atoms with Gasteiger partial charge in [-0.15, -0.1) is 24.3 Å². The number of aryl methyl sites for hydroxylation is 1. The minimum atomic E-state index is -0.136. The van der Waals surface area contributed by atoms with Crippen molar-refractivity contribution in [2.75, 3.05) is 0 Å². The molecule has 0 saturated heterocycles. The van der Waals surface area contributed by atoms with Gasteiger partial charge in [0.15, 0.2) is 5.43 Å². The number of hydrogen-bond acceptors (Lipinski definition) is 5. The normalized spacial score (nSPS) is 11.0. The third-order valence-electron chi connectivity index (χ3n) is 6.23. The first kappa shape index (κ1) is 28.0. The van der Waals surface area contributed by atoms with Crippen molar-refractivity contribution in [2.24, 2.45) is 0 Å². The van der Waals surface area contributed by atoms with Gasteiger partial charge in [0.1, 0.15) is 5.58 Å². The van der Waals surface area contributed by atoms with Gasteiger partial charge in [-0.05, 0) is 64.8 Å². The van der Waals surface area contributed by atoms with Gasteiger partial charge < -0.3 is 14.4 Å².